The maximum atomic E-state index is 13.5. The Bertz CT molecular complexity index is 438. The predicted octanol–water partition coefficient (Wildman–Crippen LogP) is 4.11. The fourth-order valence-corrected chi connectivity index (χ4v) is 1.81. The fourth-order valence-electron chi connectivity index (χ4n) is 1.68. The number of hydrogen-bond donors (Lipinski definition) is 0. The maximum absolute atomic E-state index is 13.5. The fraction of sp³-hybridized carbons (Fsp3) is 0.357. The van der Waals surface area contributed by atoms with Crippen molar-refractivity contribution in [3.8, 4) is 0 Å². The van der Waals surface area contributed by atoms with Crippen LogP contribution in [-0.4, -0.2) is 13.1 Å². The first-order valence-electron chi connectivity index (χ1n) is 5.66. The van der Waals surface area contributed by atoms with Crippen LogP contribution in [0.25, 0.3) is 0 Å². The van der Waals surface area contributed by atoms with Crippen molar-refractivity contribution in [2.75, 3.05) is 7.11 Å². The molecule has 0 saturated carbocycles. The first-order chi connectivity index (χ1) is 8.45. The van der Waals surface area contributed by atoms with Crippen LogP contribution in [0.3, 0.4) is 0 Å². The SMILES string of the molecule is COC(=O)C(F)=CC(c1ccc(Cl)cc1)C(C)C. The van der Waals surface area contributed by atoms with Gasteiger partial charge in [-0.25, -0.2) is 4.79 Å². The zero-order valence-corrected chi connectivity index (χ0v) is 11.4. The Morgan fingerprint density at radius 1 is 1.33 bits per heavy atom. The first-order valence-corrected chi connectivity index (χ1v) is 6.04. The van der Waals surface area contributed by atoms with Crippen molar-refractivity contribution in [2.24, 2.45) is 5.92 Å². The van der Waals surface area contributed by atoms with Gasteiger partial charge < -0.3 is 4.74 Å². The van der Waals surface area contributed by atoms with Crippen LogP contribution in [0.15, 0.2) is 36.2 Å². The van der Waals surface area contributed by atoms with Gasteiger partial charge in [-0.05, 0) is 29.7 Å². The molecule has 0 N–H and O–H groups in total. The lowest BCUT2D eigenvalue weighted by molar-refractivity contribution is -0.137. The number of benzene rings is 1. The molecule has 0 spiro atoms. The monoisotopic (exact) mass is 270 g/mol. The van der Waals surface area contributed by atoms with E-state index in [1.165, 1.54) is 6.08 Å². The van der Waals surface area contributed by atoms with E-state index in [1.807, 2.05) is 26.0 Å². The Balaban J connectivity index is 3.04. The number of carbonyl (C=O) groups excluding carboxylic acids is 1. The normalized spacial score (nSPS) is 13.6. The van der Waals surface area contributed by atoms with Crippen molar-refractivity contribution in [1.82, 2.24) is 0 Å². The summed E-state index contributed by atoms with van der Waals surface area (Å²) >= 11 is 5.81. The molecule has 0 bridgehead atoms. The molecule has 0 saturated heterocycles. The lowest BCUT2D eigenvalue weighted by Crippen LogP contribution is -2.08. The molecule has 0 aliphatic rings. The van der Waals surface area contributed by atoms with Gasteiger partial charge in [-0.15, -0.1) is 0 Å². The van der Waals surface area contributed by atoms with Gasteiger partial charge in [0.2, 0.25) is 5.83 Å². The highest BCUT2D eigenvalue weighted by atomic mass is 35.5. The number of carbonyl (C=O) groups is 1. The van der Waals surface area contributed by atoms with Crippen LogP contribution in [0.1, 0.15) is 25.3 Å². The number of rotatable bonds is 4. The largest absolute Gasteiger partial charge is 0.464 e. The lowest BCUT2D eigenvalue weighted by Gasteiger charge is -2.17. The molecular formula is C14H16ClFO2. The van der Waals surface area contributed by atoms with Crippen molar-refractivity contribution >= 4 is 17.6 Å². The van der Waals surface area contributed by atoms with Gasteiger partial charge in [0, 0.05) is 10.9 Å². The van der Waals surface area contributed by atoms with E-state index < -0.39 is 11.8 Å². The third kappa shape index (κ3) is 3.84. The number of allylic oxidation sites excluding steroid dienone is 1. The highest BCUT2D eigenvalue weighted by Gasteiger charge is 2.18. The summed E-state index contributed by atoms with van der Waals surface area (Å²) in [6.45, 7) is 3.92. The molecule has 0 radical (unpaired) electrons. The zero-order valence-electron chi connectivity index (χ0n) is 10.6. The summed E-state index contributed by atoms with van der Waals surface area (Å²) in [5, 5.41) is 0.624. The van der Waals surface area contributed by atoms with Crippen LogP contribution < -0.4 is 0 Å². The first kappa shape index (κ1) is 14.7. The molecule has 0 aliphatic heterocycles. The quantitative estimate of drug-likeness (QED) is 0.608. The average molecular weight is 271 g/mol. The summed E-state index contributed by atoms with van der Waals surface area (Å²) < 4.78 is 17.9. The molecule has 98 valence electrons. The van der Waals surface area contributed by atoms with Gasteiger partial charge >= 0.3 is 5.97 Å². The molecule has 0 aliphatic carbocycles. The van der Waals surface area contributed by atoms with Crippen molar-refractivity contribution in [1.29, 1.82) is 0 Å². The third-order valence-electron chi connectivity index (χ3n) is 2.68. The number of esters is 1. The molecular weight excluding hydrogens is 255 g/mol. The van der Waals surface area contributed by atoms with E-state index in [0.29, 0.717) is 5.02 Å². The number of halogens is 2. The molecule has 2 nitrogen and oxygen atoms in total. The van der Waals surface area contributed by atoms with Crippen molar-refractivity contribution in [2.45, 2.75) is 19.8 Å². The Kier molecular flexibility index (Phi) is 5.35. The molecule has 0 amide bonds. The summed E-state index contributed by atoms with van der Waals surface area (Å²) in [6, 6.07) is 7.15. The average Bonchev–Trinajstić information content (AvgIpc) is 2.35. The Morgan fingerprint density at radius 3 is 2.33 bits per heavy atom. The summed E-state index contributed by atoms with van der Waals surface area (Å²) in [5.74, 6) is -1.86. The lowest BCUT2D eigenvalue weighted by atomic mass is 9.88. The van der Waals surface area contributed by atoms with E-state index in [4.69, 9.17) is 11.6 Å². The van der Waals surface area contributed by atoms with Crippen molar-refractivity contribution < 1.29 is 13.9 Å². The van der Waals surface area contributed by atoms with Gasteiger partial charge in [0.15, 0.2) is 0 Å². The molecule has 1 unspecified atom stereocenters. The molecule has 4 heteroatoms. The Labute approximate surface area is 111 Å². The third-order valence-corrected chi connectivity index (χ3v) is 2.93. The van der Waals surface area contributed by atoms with Crippen molar-refractivity contribution in [3.05, 3.63) is 46.8 Å². The molecule has 1 rings (SSSR count). The minimum atomic E-state index is -0.949. The predicted molar refractivity (Wildman–Crippen MR) is 70.2 cm³/mol. The van der Waals surface area contributed by atoms with E-state index >= 15 is 0 Å². The molecule has 0 fully saturated rings. The van der Waals surface area contributed by atoms with E-state index in [1.54, 1.807) is 12.1 Å². The van der Waals surface area contributed by atoms with Gasteiger partial charge in [0.1, 0.15) is 0 Å². The van der Waals surface area contributed by atoms with Crippen LogP contribution in [0, 0.1) is 5.92 Å². The molecule has 0 heterocycles. The Hall–Kier alpha value is -1.35. The topological polar surface area (TPSA) is 26.3 Å². The highest BCUT2D eigenvalue weighted by Crippen LogP contribution is 2.28. The van der Waals surface area contributed by atoms with Gasteiger partial charge in [-0.2, -0.15) is 4.39 Å². The summed E-state index contributed by atoms with van der Waals surface area (Å²) in [7, 11) is 1.16. The zero-order chi connectivity index (χ0) is 13.7. The second-order valence-corrected chi connectivity index (χ2v) is 4.76. The standard InChI is InChI=1S/C14H16ClFO2/c1-9(2)12(8-13(16)14(17)18-3)10-4-6-11(15)7-5-10/h4-9,12H,1-3H3. The van der Waals surface area contributed by atoms with Crippen LogP contribution >= 0.6 is 11.6 Å². The second kappa shape index (κ2) is 6.55. The molecule has 18 heavy (non-hydrogen) atoms. The van der Waals surface area contributed by atoms with Gasteiger partial charge in [-0.3, -0.25) is 0 Å². The summed E-state index contributed by atoms with van der Waals surface area (Å²) in [6.07, 6.45) is 1.29. The highest BCUT2D eigenvalue weighted by molar-refractivity contribution is 6.30. The maximum Gasteiger partial charge on any atom is 0.366 e. The minimum absolute atomic E-state index is 0.154. The number of ether oxygens (including phenoxy) is 1. The number of methoxy groups -OCH3 is 1. The van der Waals surface area contributed by atoms with Crippen LogP contribution in [0.5, 0.6) is 0 Å². The van der Waals surface area contributed by atoms with E-state index in [0.717, 1.165) is 12.7 Å². The molecule has 1 aromatic carbocycles. The summed E-state index contributed by atoms with van der Waals surface area (Å²) in [5.41, 5.74) is 0.911. The second-order valence-electron chi connectivity index (χ2n) is 4.33. The van der Waals surface area contributed by atoms with Crippen LogP contribution in [0.2, 0.25) is 5.02 Å². The smallest absolute Gasteiger partial charge is 0.366 e. The Morgan fingerprint density at radius 2 is 1.89 bits per heavy atom. The van der Waals surface area contributed by atoms with Crippen molar-refractivity contribution in [3.63, 3.8) is 0 Å². The molecule has 1 atom stereocenters. The minimum Gasteiger partial charge on any atom is -0.464 e. The summed E-state index contributed by atoms with van der Waals surface area (Å²) in [4.78, 5) is 11.1. The molecule has 0 aromatic heterocycles. The number of hydrogen-bond acceptors (Lipinski definition) is 2. The van der Waals surface area contributed by atoms with E-state index in [-0.39, 0.29) is 11.8 Å². The van der Waals surface area contributed by atoms with Gasteiger partial charge in [0.25, 0.3) is 0 Å². The molecule has 1 aromatic rings. The van der Waals surface area contributed by atoms with Gasteiger partial charge in [-0.1, -0.05) is 37.6 Å². The van der Waals surface area contributed by atoms with Crippen LogP contribution in [0.4, 0.5) is 4.39 Å². The van der Waals surface area contributed by atoms with Gasteiger partial charge in [0.05, 0.1) is 7.11 Å². The van der Waals surface area contributed by atoms with E-state index in [2.05, 4.69) is 4.74 Å². The van der Waals surface area contributed by atoms with E-state index in [9.17, 15) is 9.18 Å². The van der Waals surface area contributed by atoms with Crippen LogP contribution in [-0.2, 0) is 9.53 Å².